The van der Waals surface area contributed by atoms with Crippen LogP contribution in [0.5, 0.6) is 0 Å². The average Bonchev–Trinajstić information content (AvgIpc) is 1.89. The lowest BCUT2D eigenvalue weighted by molar-refractivity contribution is 0.0948. The largest absolute Gasteiger partial charge is 0.394 e. The highest BCUT2D eigenvalue weighted by molar-refractivity contribution is 4.54. The van der Waals surface area contributed by atoms with Gasteiger partial charge in [0.15, 0.2) is 0 Å². The summed E-state index contributed by atoms with van der Waals surface area (Å²) in [5.41, 5.74) is 0. The molecule has 0 saturated carbocycles. The van der Waals surface area contributed by atoms with Crippen LogP contribution in [0.4, 0.5) is 0 Å². The third-order valence-electron chi connectivity index (χ3n) is 0.767. The number of aliphatic hydroxyl groups excluding tert-OH is 2. The maximum absolute atomic E-state index is 9.42. The second kappa shape index (κ2) is 5.61. The Morgan fingerprint density at radius 2 is 2.33 bits per heavy atom. The van der Waals surface area contributed by atoms with Crippen molar-refractivity contribution in [3.63, 3.8) is 0 Å². The summed E-state index contributed by atoms with van der Waals surface area (Å²) in [5, 5.41) is 21.8. The maximum Gasteiger partial charge on any atom is 0.131 e. The molecule has 0 aromatic rings. The highest BCUT2D eigenvalue weighted by Crippen LogP contribution is 1.74. The summed E-state index contributed by atoms with van der Waals surface area (Å²) >= 11 is 0. The van der Waals surface area contributed by atoms with Crippen molar-refractivity contribution in [2.45, 2.75) is 6.10 Å². The van der Waals surface area contributed by atoms with E-state index in [4.69, 9.17) is 10.2 Å². The molecule has 0 saturated heterocycles. The molecule has 0 amide bonds. The van der Waals surface area contributed by atoms with E-state index in [1.54, 1.807) is 0 Å². The van der Waals surface area contributed by atoms with Gasteiger partial charge in [-0.3, -0.25) is 5.32 Å². The Morgan fingerprint density at radius 3 is 2.78 bits per heavy atom. The van der Waals surface area contributed by atoms with Crippen LogP contribution in [0.25, 0.3) is 0 Å². The molecule has 0 aliphatic carbocycles. The Kier molecular flexibility index (Phi) is 5.29. The molecule has 0 rings (SSSR count). The number of rotatable bonds is 5. The van der Waals surface area contributed by atoms with Gasteiger partial charge >= 0.3 is 0 Å². The lowest BCUT2D eigenvalue weighted by atomic mass is 10.4. The van der Waals surface area contributed by atoms with Gasteiger partial charge in [0.2, 0.25) is 0 Å². The molecule has 0 heterocycles. The van der Waals surface area contributed by atoms with Crippen LogP contribution in [0, 0.1) is 4.91 Å². The van der Waals surface area contributed by atoms with Gasteiger partial charge in [-0.15, -0.1) is 4.91 Å². The molecule has 0 fully saturated rings. The smallest absolute Gasteiger partial charge is 0.131 e. The first-order chi connectivity index (χ1) is 4.31. The van der Waals surface area contributed by atoms with Gasteiger partial charge < -0.3 is 10.2 Å². The van der Waals surface area contributed by atoms with E-state index in [0.29, 0.717) is 0 Å². The number of hydrogen-bond acceptors (Lipinski definition) is 5. The van der Waals surface area contributed by atoms with E-state index in [-0.39, 0.29) is 19.8 Å². The van der Waals surface area contributed by atoms with Crippen molar-refractivity contribution in [2.75, 3.05) is 19.8 Å². The van der Waals surface area contributed by atoms with Gasteiger partial charge in [0, 0.05) is 6.54 Å². The minimum atomic E-state index is -0.799. The van der Waals surface area contributed by atoms with Crippen molar-refractivity contribution in [1.29, 1.82) is 0 Å². The number of nitrogens with zero attached hydrogens (tertiary/aromatic N) is 1. The predicted molar refractivity (Wildman–Crippen MR) is 31.8 cm³/mol. The minimum absolute atomic E-state index is 0.0307. The summed E-state index contributed by atoms with van der Waals surface area (Å²) in [5.74, 6) is 0. The molecule has 0 aliphatic heterocycles. The molecule has 0 aromatic heterocycles. The summed E-state index contributed by atoms with van der Waals surface area (Å²) in [6.45, 7) is -0.134. The molecule has 9 heavy (non-hydrogen) atoms. The fourth-order valence-corrected chi connectivity index (χ4v) is 0.341. The SMILES string of the molecule is O=NCNCC(O)CO. The molecule has 54 valence electrons. The molecule has 0 aliphatic rings. The van der Waals surface area contributed by atoms with E-state index in [1.165, 1.54) is 0 Å². The molecule has 0 aromatic carbocycles. The molecule has 3 N–H and O–H groups in total. The van der Waals surface area contributed by atoms with Gasteiger partial charge in [0.25, 0.3) is 0 Å². The Bertz CT molecular complexity index is 78.2. The third-order valence-corrected chi connectivity index (χ3v) is 0.767. The van der Waals surface area contributed by atoms with Gasteiger partial charge in [-0.05, 0) is 0 Å². The number of hydrogen-bond donors (Lipinski definition) is 3. The molecule has 0 bridgehead atoms. The number of aliphatic hydroxyl groups is 2. The van der Waals surface area contributed by atoms with Crippen LogP contribution < -0.4 is 5.32 Å². The molecule has 1 atom stereocenters. The fourth-order valence-electron chi connectivity index (χ4n) is 0.341. The van der Waals surface area contributed by atoms with Crippen LogP contribution in [0.2, 0.25) is 0 Å². The Balaban J connectivity index is 2.96. The second-order valence-corrected chi connectivity index (χ2v) is 1.58. The lowest BCUT2D eigenvalue weighted by Crippen LogP contribution is -2.29. The number of nitrogens with one attached hydrogen (secondary N) is 1. The van der Waals surface area contributed by atoms with Crippen molar-refractivity contribution in [2.24, 2.45) is 5.18 Å². The van der Waals surface area contributed by atoms with Crippen LogP contribution in [0.3, 0.4) is 0 Å². The summed E-state index contributed by atoms with van der Waals surface area (Å²) in [7, 11) is 0. The maximum atomic E-state index is 9.42. The first-order valence-corrected chi connectivity index (χ1v) is 2.60. The zero-order valence-corrected chi connectivity index (χ0v) is 4.95. The molecular weight excluding hydrogens is 124 g/mol. The topological polar surface area (TPSA) is 81.9 Å². The monoisotopic (exact) mass is 134 g/mol. The van der Waals surface area contributed by atoms with E-state index in [0.717, 1.165) is 0 Å². The summed E-state index contributed by atoms with van der Waals surface area (Å²) in [6, 6.07) is 0. The Labute approximate surface area is 52.7 Å². The first-order valence-electron chi connectivity index (χ1n) is 2.60. The van der Waals surface area contributed by atoms with E-state index in [9.17, 15) is 4.91 Å². The highest BCUT2D eigenvalue weighted by atomic mass is 16.3. The van der Waals surface area contributed by atoms with E-state index in [2.05, 4.69) is 10.5 Å². The van der Waals surface area contributed by atoms with Gasteiger partial charge in [-0.2, -0.15) is 0 Å². The molecule has 5 heteroatoms. The highest BCUT2D eigenvalue weighted by Gasteiger charge is 1.98. The van der Waals surface area contributed by atoms with Crippen molar-refractivity contribution in [3.8, 4) is 0 Å². The fraction of sp³-hybridized carbons (Fsp3) is 1.00. The normalized spacial score (nSPS) is 13.1. The van der Waals surface area contributed by atoms with Crippen LogP contribution in [0.15, 0.2) is 5.18 Å². The van der Waals surface area contributed by atoms with Crippen molar-refractivity contribution >= 4 is 0 Å². The zero-order chi connectivity index (χ0) is 7.11. The van der Waals surface area contributed by atoms with Crippen LogP contribution in [0.1, 0.15) is 0 Å². The Morgan fingerprint density at radius 1 is 1.67 bits per heavy atom. The van der Waals surface area contributed by atoms with Crippen molar-refractivity contribution in [1.82, 2.24) is 5.32 Å². The van der Waals surface area contributed by atoms with E-state index in [1.807, 2.05) is 0 Å². The van der Waals surface area contributed by atoms with Gasteiger partial charge in [0.05, 0.1) is 12.7 Å². The van der Waals surface area contributed by atoms with Crippen LogP contribution in [-0.2, 0) is 0 Å². The number of nitroso groups, excluding NO2 is 1. The molecule has 0 spiro atoms. The van der Waals surface area contributed by atoms with Crippen molar-refractivity contribution < 1.29 is 10.2 Å². The lowest BCUT2D eigenvalue weighted by Gasteiger charge is -2.04. The minimum Gasteiger partial charge on any atom is -0.394 e. The summed E-state index contributed by atoms with van der Waals surface area (Å²) in [6.07, 6.45) is -0.799. The van der Waals surface area contributed by atoms with Gasteiger partial charge in [-0.25, -0.2) is 0 Å². The quantitative estimate of drug-likeness (QED) is 0.321. The van der Waals surface area contributed by atoms with Crippen LogP contribution in [-0.4, -0.2) is 36.1 Å². The predicted octanol–water partition coefficient (Wildman–Crippen LogP) is -1.35. The third kappa shape index (κ3) is 5.35. The van der Waals surface area contributed by atoms with E-state index >= 15 is 0 Å². The van der Waals surface area contributed by atoms with Gasteiger partial charge in [0.1, 0.15) is 6.67 Å². The Hall–Kier alpha value is -0.520. The summed E-state index contributed by atoms with van der Waals surface area (Å²) < 4.78 is 0. The summed E-state index contributed by atoms with van der Waals surface area (Å²) in [4.78, 5) is 9.42. The first kappa shape index (κ1) is 8.48. The van der Waals surface area contributed by atoms with Gasteiger partial charge in [-0.1, -0.05) is 5.18 Å². The molecular formula is C4H10N2O3. The zero-order valence-electron chi connectivity index (χ0n) is 4.95. The average molecular weight is 134 g/mol. The molecule has 5 nitrogen and oxygen atoms in total. The second-order valence-electron chi connectivity index (χ2n) is 1.58. The van der Waals surface area contributed by atoms with Crippen LogP contribution >= 0.6 is 0 Å². The standard InChI is InChI=1S/C4H10N2O3/c7-2-4(8)1-5-3-6-9/h4-5,7-8H,1-3H2. The molecule has 0 radical (unpaired) electrons. The van der Waals surface area contributed by atoms with Crippen molar-refractivity contribution in [3.05, 3.63) is 4.91 Å². The van der Waals surface area contributed by atoms with E-state index < -0.39 is 6.10 Å². The molecule has 1 unspecified atom stereocenters.